The summed E-state index contributed by atoms with van der Waals surface area (Å²) in [6, 6.07) is 0. The molecule has 13 heteroatoms. The molecule has 0 atom stereocenters. The van der Waals surface area contributed by atoms with Crippen LogP contribution in [0.2, 0.25) is 0 Å². The molecule has 0 aliphatic rings. The van der Waals surface area contributed by atoms with Gasteiger partial charge in [-0.05, 0) is 0 Å². The van der Waals surface area contributed by atoms with E-state index in [1.54, 1.807) is 0 Å². The van der Waals surface area contributed by atoms with Gasteiger partial charge >= 0.3 is 183 Å². The van der Waals surface area contributed by atoms with Gasteiger partial charge in [-0.25, -0.2) is 0 Å². The van der Waals surface area contributed by atoms with E-state index in [0.717, 1.165) is 13.8 Å². The van der Waals surface area contributed by atoms with Crippen molar-refractivity contribution in [3.05, 3.63) is 69.3 Å². The predicted octanol–water partition coefficient (Wildman–Crippen LogP) is 6.03. The number of hydrogen-bond acceptors (Lipinski definition) is 2. The molecule has 4 rings (SSSR count). The maximum atomic E-state index is 14.7. The van der Waals surface area contributed by atoms with Crippen LogP contribution in [0.5, 0.6) is 0 Å². The maximum absolute atomic E-state index is 14.7. The Morgan fingerprint density at radius 1 is 0.394 bits per heavy atom. The molecule has 0 fully saturated rings. The van der Waals surface area contributed by atoms with Gasteiger partial charge in [0.1, 0.15) is 0 Å². The van der Waals surface area contributed by atoms with Crippen LogP contribution in [-0.2, 0) is 0 Å². The van der Waals surface area contributed by atoms with Gasteiger partial charge in [0.05, 0.1) is 0 Å². The number of aryl methyl sites for hydroxylation is 2. The zero-order valence-corrected chi connectivity index (χ0v) is 17.8. The third-order valence-corrected chi connectivity index (χ3v) is 6.23. The molecular formula is C20H6F10N2Se. The molecule has 1 aromatic heterocycles. The molecule has 0 aliphatic heterocycles. The molecule has 0 radical (unpaired) electrons. The van der Waals surface area contributed by atoms with Gasteiger partial charge < -0.3 is 0 Å². The van der Waals surface area contributed by atoms with Gasteiger partial charge in [-0.15, -0.1) is 0 Å². The van der Waals surface area contributed by atoms with Crippen molar-refractivity contribution in [3.8, 4) is 22.3 Å². The van der Waals surface area contributed by atoms with Crippen LogP contribution in [0, 0.1) is 72.0 Å². The zero-order chi connectivity index (χ0) is 24.5. The summed E-state index contributed by atoms with van der Waals surface area (Å²) in [5.74, 6) is -23.9. The molecule has 0 amide bonds. The molecule has 33 heavy (non-hydrogen) atoms. The molecule has 1 heterocycles. The Hall–Kier alpha value is -2.92. The van der Waals surface area contributed by atoms with Crippen LogP contribution >= 0.6 is 0 Å². The van der Waals surface area contributed by atoms with Crippen LogP contribution in [0.4, 0.5) is 43.9 Å². The Bertz CT molecular complexity index is 1330. The van der Waals surface area contributed by atoms with Crippen LogP contribution in [0.25, 0.3) is 33.3 Å². The van der Waals surface area contributed by atoms with E-state index in [0.29, 0.717) is 0 Å². The van der Waals surface area contributed by atoms with E-state index >= 15 is 0 Å². The van der Waals surface area contributed by atoms with E-state index in [1.807, 2.05) is 0 Å². The van der Waals surface area contributed by atoms with E-state index in [9.17, 15) is 43.9 Å². The van der Waals surface area contributed by atoms with Crippen molar-refractivity contribution in [2.75, 3.05) is 0 Å². The summed E-state index contributed by atoms with van der Waals surface area (Å²) in [6.07, 6.45) is 0. The normalized spacial score (nSPS) is 11.6. The zero-order valence-electron chi connectivity index (χ0n) is 16.1. The van der Waals surface area contributed by atoms with Crippen molar-refractivity contribution in [3.63, 3.8) is 0 Å². The topological polar surface area (TPSA) is 25.8 Å². The fourth-order valence-electron chi connectivity index (χ4n) is 3.57. The number of benzene rings is 3. The first kappa shape index (κ1) is 23.2. The summed E-state index contributed by atoms with van der Waals surface area (Å²) in [5.41, 5.74) is -5.97. The van der Waals surface area contributed by atoms with Crippen molar-refractivity contribution in [2.45, 2.75) is 13.8 Å². The number of halogens is 10. The summed E-state index contributed by atoms with van der Waals surface area (Å²) in [6.45, 7) is 2.17. The van der Waals surface area contributed by atoms with Gasteiger partial charge in [0.25, 0.3) is 0 Å². The summed E-state index contributed by atoms with van der Waals surface area (Å²) in [5, 5.41) is 0. The Labute approximate surface area is 183 Å². The molecule has 0 saturated heterocycles. The average Bonchev–Trinajstić information content (AvgIpc) is 3.29. The molecule has 0 unspecified atom stereocenters. The molecule has 4 aromatic rings. The van der Waals surface area contributed by atoms with E-state index in [4.69, 9.17) is 0 Å². The van der Waals surface area contributed by atoms with Gasteiger partial charge in [0.15, 0.2) is 0 Å². The number of nitrogens with zero attached hydrogens (tertiary/aromatic N) is 2. The number of rotatable bonds is 2. The molecule has 0 bridgehead atoms. The summed E-state index contributed by atoms with van der Waals surface area (Å²) >= 11 is -0.847. The molecule has 0 spiro atoms. The van der Waals surface area contributed by atoms with Crippen molar-refractivity contribution < 1.29 is 43.9 Å². The van der Waals surface area contributed by atoms with Crippen molar-refractivity contribution in [1.29, 1.82) is 0 Å². The van der Waals surface area contributed by atoms with Gasteiger partial charge in [0.2, 0.25) is 0 Å². The third-order valence-electron chi connectivity index (χ3n) is 5.12. The molecule has 2 nitrogen and oxygen atoms in total. The van der Waals surface area contributed by atoms with Crippen molar-refractivity contribution in [2.24, 2.45) is 0 Å². The summed E-state index contributed by atoms with van der Waals surface area (Å²) in [4.78, 5) is 0. The molecule has 0 saturated carbocycles. The Morgan fingerprint density at radius 3 is 0.909 bits per heavy atom. The molecule has 0 aliphatic carbocycles. The Kier molecular flexibility index (Phi) is 5.52. The molecule has 3 aromatic carbocycles. The monoisotopic (exact) mass is 544 g/mol. The molecule has 172 valence electrons. The van der Waals surface area contributed by atoms with Crippen LogP contribution in [-0.4, -0.2) is 22.9 Å². The quantitative estimate of drug-likeness (QED) is 0.134. The second kappa shape index (κ2) is 7.84. The van der Waals surface area contributed by atoms with Crippen molar-refractivity contribution >= 4 is 26.0 Å². The SMILES string of the molecule is Cc1c(-c2c(F)c(F)c(F)c(F)c2F)c(-c2c(F)c(F)c(F)c(F)c2F)c(C)c2n[se]nc12. The Balaban J connectivity index is 2.33. The number of aromatic nitrogens is 2. The van der Waals surface area contributed by atoms with Crippen LogP contribution in [0.15, 0.2) is 0 Å². The third kappa shape index (κ3) is 3.09. The van der Waals surface area contributed by atoms with E-state index in [2.05, 4.69) is 7.96 Å². The summed E-state index contributed by atoms with van der Waals surface area (Å²) < 4.78 is 150. The van der Waals surface area contributed by atoms with E-state index < -0.39 is 95.4 Å². The fourth-order valence-corrected chi connectivity index (χ4v) is 4.93. The molecule has 0 N–H and O–H groups in total. The minimum atomic E-state index is -2.50. The van der Waals surface area contributed by atoms with Crippen LogP contribution in [0.3, 0.4) is 0 Å². The first-order valence-electron chi connectivity index (χ1n) is 8.70. The van der Waals surface area contributed by atoms with E-state index in [-0.39, 0.29) is 22.2 Å². The first-order valence-corrected chi connectivity index (χ1v) is 10.2. The summed E-state index contributed by atoms with van der Waals surface area (Å²) in [7, 11) is 0. The van der Waals surface area contributed by atoms with Gasteiger partial charge in [-0.2, -0.15) is 0 Å². The van der Waals surface area contributed by atoms with Crippen LogP contribution < -0.4 is 0 Å². The van der Waals surface area contributed by atoms with Crippen molar-refractivity contribution in [1.82, 2.24) is 7.96 Å². The second-order valence-electron chi connectivity index (χ2n) is 6.85. The fraction of sp³-hybridized carbons (Fsp3) is 0.100. The van der Waals surface area contributed by atoms with Gasteiger partial charge in [-0.1, -0.05) is 0 Å². The second-order valence-corrected chi connectivity index (χ2v) is 7.96. The minimum absolute atomic E-state index is 0.0703. The number of fused-ring (bicyclic) bond motifs is 1. The standard InChI is InChI=1S/C20H6F10N2Se/c1-3-5(7-9(21)13(25)17(29)14(26)10(7)22)6(4(2)20-19(3)31-33-32-20)8-11(23)15(27)18(30)16(28)12(8)24/h1-2H3. The average molecular weight is 543 g/mol. The molecular weight excluding hydrogens is 537 g/mol. The van der Waals surface area contributed by atoms with Gasteiger partial charge in [-0.3, -0.25) is 0 Å². The van der Waals surface area contributed by atoms with Crippen LogP contribution in [0.1, 0.15) is 11.1 Å². The Morgan fingerprint density at radius 2 is 0.636 bits per heavy atom. The van der Waals surface area contributed by atoms with E-state index in [1.165, 1.54) is 0 Å². The first-order chi connectivity index (χ1) is 15.4. The number of hydrogen-bond donors (Lipinski definition) is 0. The van der Waals surface area contributed by atoms with Gasteiger partial charge in [0, 0.05) is 0 Å². The predicted molar refractivity (Wildman–Crippen MR) is 96.4 cm³/mol.